The van der Waals surface area contributed by atoms with E-state index in [-0.39, 0.29) is 63.6 Å². The van der Waals surface area contributed by atoms with E-state index in [0.29, 0.717) is 200 Å². The van der Waals surface area contributed by atoms with Gasteiger partial charge in [-0.1, -0.05) is 62.3 Å². The lowest BCUT2D eigenvalue weighted by atomic mass is 10.00. The molecule has 0 bridgehead atoms. The number of aliphatic imine (C=N–C) groups is 1. The Morgan fingerprint density at radius 3 is 1.36 bits per heavy atom. The first-order valence-corrected chi connectivity index (χ1v) is 33.3. The highest BCUT2D eigenvalue weighted by molar-refractivity contribution is 6.31. The summed E-state index contributed by atoms with van der Waals surface area (Å²) in [6.45, 7) is 5.57. The average molecular weight is 1300 g/mol. The fraction of sp³-hybridized carbons (Fsp3) is 0.710. The van der Waals surface area contributed by atoms with Crippen molar-refractivity contribution < 1.29 is 38.3 Å². The van der Waals surface area contributed by atoms with Gasteiger partial charge < -0.3 is 89.1 Å². The van der Waals surface area contributed by atoms with Gasteiger partial charge in [0.15, 0.2) is 28.4 Å². The quantitative estimate of drug-likeness (QED) is 0.0248. The first-order chi connectivity index (χ1) is 43.7. The lowest BCUT2D eigenvalue weighted by Crippen LogP contribution is -2.42. The van der Waals surface area contributed by atoms with Crippen LogP contribution < -0.4 is 94.4 Å². The lowest BCUT2D eigenvalue weighted by Gasteiger charge is -2.23. The molecule has 1 aromatic heterocycles. The van der Waals surface area contributed by atoms with E-state index in [1.54, 1.807) is 0 Å². The van der Waals surface area contributed by atoms with Gasteiger partial charge in [0.25, 0.3) is 5.91 Å². The number of ether oxygens (including phenoxy) is 1. The Morgan fingerprint density at radius 2 is 0.912 bits per heavy atom. The van der Waals surface area contributed by atoms with Crippen LogP contribution in [0.1, 0.15) is 183 Å². The minimum absolute atomic E-state index is 0.000517. The molecule has 0 radical (unpaired) electrons. The van der Waals surface area contributed by atoms with Gasteiger partial charge in [0, 0.05) is 52.1 Å². The summed E-state index contributed by atoms with van der Waals surface area (Å²) in [6, 6.07) is 4.27. The zero-order chi connectivity index (χ0) is 67.2. The van der Waals surface area contributed by atoms with Crippen molar-refractivity contribution in [3.63, 3.8) is 0 Å². The third kappa shape index (κ3) is 37.8. The van der Waals surface area contributed by atoms with Crippen LogP contribution in [0.3, 0.4) is 0 Å². The van der Waals surface area contributed by atoms with E-state index in [1.165, 1.54) is 0 Å². The molecule has 0 unspecified atom stereocenters. The minimum Gasteiger partial charge on any atom is -0.492 e. The second-order valence-corrected chi connectivity index (χ2v) is 23.7. The van der Waals surface area contributed by atoms with Gasteiger partial charge in [-0.3, -0.25) is 48.8 Å². The number of hydrogen-bond donors (Lipinski definition) is 16. The van der Waals surface area contributed by atoms with Crippen molar-refractivity contribution in [2.24, 2.45) is 56.6 Å². The van der Waals surface area contributed by atoms with Crippen LogP contribution in [-0.2, 0) is 35.2 Å². The molecule has 0 aliphatic rings. The van der Waals surface area contributed by atoms with Crippen molar-refractivity contribution >= 4 is 70.3 Å². The molecular formula is C62H113ClN20O8. The second-order valence-electron chi connectivity index (χ2n) is 23.3. The third-order valence-electron chi connectivity index (χ3n) is 15.5. The molecule has 1 heterocycles. The number of carbonyl (C=O) groups is 7. The highest BCUT2D eigenvalue weighted by atomic mass is 35.5. The molecular weight excluding hydrogens is 1190 g/mol. The van der Waals surface area contributed by atoms with Gasteiger partial charge in [0.05, 0.1) is 36.3 Å². The fourth-order valence-corrected chi connectivity index (χ4v) is 9.84. The van der Waals surface area contributed by atoms with E-state index >= 15 is 0 Å². The largest absolute Gasteiger partial charge is 0.492 e. The van der Waals surface area contributed by atoms with Crippen LogP contribution in [0.5, 0.6) is 5.75 Å². The van der Waals surface area contributed by atoms with Crippen molar-refractivity contribution in [3.05, 3.63) is 40.7 Å². The minimum atomic E-state index is -0.708. The molecule has 27 N–H and O–H groups in total. The summed E-state index contributed by atoms with van der Waals surface area (Å²) in [6.07, 6.45) is 17.8. The van der Waals surface area contributed by atoms with Gasteiger partial charge in [-0.2, -0.15) is 0 Å². The van der Waals surface area contributed by atoms with Crippen LogP contribution in [0.15, 0.2) is 29.3 Å². The maximum Gasteiger partial charge on any atom is 0.280 e. The summed E-state index contributed by atoms with van der Waals surface area (Å²) >= 11 is 5.88. The standard InChI is InChI=1S/C62H113ClN20O8/c63-54-56(73)81-55(72)53(80-54)61(90)82-62(74)79-36-14-9-19-43-28-30-44(31-29-43)91-42-41-83(39-17-37-77-59(88)47(68)22-3-1-5-26-51(84)45(66)20-10-15-34-75-57(86)49(70)24-7-12-32-64)40-18-38-78-60(89)48(69)23-4-2-6-27-52(85)46(67)21-11-16-35-76-58(87)50(71)25-8-13-33-65/h28-31,45-50H,1-27,32-42,64-71H2,(H,75,86)(H,76,87)(H,77,88)(H,78,89)(H4,72,73,81)(H3,74,79,82,90)/t45-,46-,47-,48-,49-,50-/m0/s1. The van der Waals surface area contributed by atoms with E-state index in [0.717, 1.165) is 56.9 Å². The smallest absolute Gasteiger partial charge is 0.280 e. The van der Waals surface area contributed by atoms with Gasteiger partial charge in [0.1, 0.15) is 23.9 Å². The number of aryl methyl sites for hydroxylation is 1. The number of amides is 5. The highest BCUT2D eigenvalue weighted by Gasteiger charge is 2.20. The average Bonchev–Trinajstić information content (AvgIpc) is 2.31. The third-order valence-corrected chi connectivity index (χ3v) is 15.8. The number of ketones is 2. The van der Waals surface area contributed by atoms with Crippen LogP contribution in [0, 0.1) is 0 Å². The number of nitrogen functional groups attached to an aromatic ring is 2. The SMILES string of the molecule is NCCCC[C@H](N)C(=O)NCCCC[C@H](N)C(=O)CCCCC[C@H](N)C(=O)NCCCN(CCCNC(=O)[C@@H](N)CCCCCC(=O)[C@@H](N)CCCCNC(=O)[C@@H](N)CCCCN)CCOc1ccc(CCCCN=C(N)NC(=O)c2nc(Cl)c(N)nc2N)cc1. The Hall–Kier alpha value is -6.21. The van der Waals surface area contributed by atoms with E-state index in [4.69, 9.17) is 79.4 Å². The Labute approximate surface area is 544 Å². The number of unbranched alkanes of at least 4 members (excludes halogenated alkanes) is 9. The van der Waals surface area contributed by atoms with Gasteiger partial charge >= 0.3 is 0 Å². The van der Waals surface area contributed by atoms with Crippen molar-refractivity contribution in [3.8, 4) is 5.75 Å². The number of anilines is 2. The van der Waals surface area contributed by atoms with Gasteiger partial charge in [-0.15, -0.1) is 0 Å². The number of nitrogens with one attached hydrogen (secondary N) is 5. The molecule has 0 saturated heterocycles. The Bertz CT molecular complexity index is 2360. The monoisotopic (exact) mass is 1300 g/mol. The highest BCUT2D eigenvalue weighted by Crippen LogP contribution is 2.18. The van der Waals surface area contributed by atoms with E-state index in [9.17, 15) is 33.6 Å². The topological polar surface area (TPSA) is 516 Å². The first kappa shape index (κ1) is 80.9. The number of hydrogen-bond acceptors (Lipinski definition) is 22. The summed E-state index contributed by atoms with van der Waals surface area (Å²) in [7, 11) is 0. The number of nitrogens with zero attached hydrogens (tertiary/aromatic N) is 4. The number of benzene rings is 1. The first-order valence-electron chi connectivity index (χ1n) is 32.9. The molecule has 2 rings (SSSR count). The predicted octanol–water partition coefficient (Wildman–Crippen LogP) is 0.889. The molecule has 0 aliphatic heterocycles. The van der Waals surface area contributed by atoms with Crippen molar-refractivity contribution in [2.75, 3.05) is 83.5 Å². The summed E-state index contributed by atoms with van der Waals surface area (Å²) in [5.41, 5.74) is 65.9. The molecule has 28 nitrogen and oxygen atoms in total. The van der Waals surface area contributed by atoms with Crippen LogP contribution in [0.2, 0.25) is 5.15 Å². The van der Waals surface area contributed by atoms with Crippen LogP contribution in [-0.4, -0.2) is 170 Å². The van der Waals surface area contributed by atoms with Crippen LogP contribution >= 0.6 is 11.6 Å². The lowest BCUT2D eigenvalue weighted by molar-refractivity contribution is -0.123. The Morgan fingerprint density at radius 1 is 0.495 bits per heavy atom. The molecule has 0 fully saturated rings. The number of nitrogens with two attached hydrogens (primary N) is 11. The molecule has 0 aliphatic carbocycles. The number of aromatic nitrogens is 2. The number of guanidine groups is 1. The summed E-state index contributed by atoms with van der Waals surface area (Å²) in [5.74, 6) is -1.20. The summed E-state index contributed by atoms with van der Waals surface area (Å²) in [5, 5.41) is 13.9. The van der Waals surface area contributed by atoms with Crippen LogP contribution in [0.4, 0.5) is 11.6 Å². The second kappa shape index (κ2) is 49.4. The zero-order valence-corrected chi connectivity index (χ0v) is 54.7. The molecule has 91 heavy (non-hydrogen) atoms. The molecule has 6 atom stereocenters. The van der Waals surface area contributed by atoms with Crippen molar-refractivity contribution in [1.82, 2.24) is 41.5 Å². The van der Waals surface area contributed by atoms with E-state index < -0.39 is 42.2 Å². The number of halogens is 1. The number of carbonyl (C=O) groups excluding carboxylic acids is 7. The zero-order valence-electron chi connectivity index (χ0n) is 53.9. The summed E-state index contributed by atoms with van der Waals surface area (Å²) < 4.78 is 6.16. The maximum absolute atomic E-state index is 13.0. The van der Waals surface area contributed by atoms with Crippen molar-refractivity contribution in [2.45, 2.75) is 210 Å². The summed E-state index contributed by atoms with van der Waals surface area (Å²) in [4.78, 5) is 102. The van der Waals surface area contributed by atoms with E-state index in [1.807, 2.05) is 24.3 Å². The molecule has 516 valence electrons. The Kier molecular flexibility index (Phi) is 43.9. The molecule has 0 saturated carbocycles. The van der Waals surface area contributed by atoms with Crippen molar-refractivity contribution in [1.29, 1.82) is 0 Å². The van der Waals surface area contributed by atoms with Gasteiger partial charge in [-0.05, 0) is 166 Å². The number of Topliss-reactive ketones (excluding diaryl/α,β-unsaturated/α-hetero) is 2. The molecule has 1 aromatic carbocycles. The van der Waals surface area contributed by atoms with E-state index in [2.05, 4.69) is 46.4 Å². The fourth-order valence-electron chi connectivity index (χ4n) is 9.71. The van der Waals surface area contributed by atoms with Gasteiger partial charge in [-0.25, -0.2) is 9.97 Å². The number of rotatable bonds is 54. The predicted molar refractivity (Wildman–Crippen MR) is 360 cm³/mol. The molecule has 29 heteroatoms. The van der Waals surface area contributed by atoms with Gasteiger partial charge in [0.2, 0.25) is 23.6 Å². The molecule has 2 aromatic rings. The van der Waals surface area contributed by atoms with Crippen LogP contribution in [0.25, 0.3) is 0 Å². The normalized spacial score (nSPS) is 13.6. The Balaban J connectivity index is 1.78. The maximum atomic E-state index is 13.0. The molecule has 5 amide bonds. The molecule has 0 spiro atoms.